The van der Waals surface area contributed by atoms with Crippen LogP contribution >= 0.6 is 0 Å². The maximum atomic E-state index is 5.76. The average Bonchev–Trinajstić information content (AvgIpc) is 2.66. The van der Waals surface area contributed by atoms with Crippen molar-refractivity contribution in [2.24, 2.45) is 5.92 Å². The number of oxazole rings is 1. The Morgan fingerprint density at radius 1 is 1.35 bits per heavy atom. The first kappa shape index (κ1) is 12.1. The molecule has 0 atom stereocenters. The Hall–Kier alpha value is -1.35. The topological polar surface area (TPSA) is 38.1 Å². The Labute approximate surface area is 102 Å². The van der Waals surface area contributed by atoms with Crippen LogP contribution in [0.3, 0.4) is 0 Å². The molecular weight excluding hydrogens is 212 g/mol. The summed E-state index contributed by atoms with van der Waals surface area (Å²) < 4.78 is 5.76. The lowest BCUT2D eigenvalue weighted by molar-refractivity contribution is 0.482. The van der Waals surface area contributed by atoms with E-state index in [0.29, 0.717) is 5.92 Å². The van der Waals surface area contributed by atoms with Gasteiger partial charge in [-0.2, -0.15) is 0 Å². The van der Waals surface area contributed by atoms with Crippen LogP contribution in [0, 0.1) is 5.92 Å². The number of benzene rings is 1. The maximum Gasteiger partial charge on any atom is 0.195 e. The molecular formula is C14H20N2O. The Morgan fingerprint density at radius 2 is 2.18 bits per heavy atom. The normalized spacial score (nSPS) is 11.5. The molecule has 0 bridgehead atoms. The molecule has 1 aromatic heterocycles. The minimum atomic E-state index is 0.573. The van der Waals surface area contributed by atoms with E-state index in [1.807, 2.05) is 6.07 Å². The monoisotopic (exact) mass is 232 g/mol. The zero-order valence-electron chi connectivity index (χ0n) is 10.8. The molecule has 0 aliphatic rings. The smallest absolute Gasteiger partial charge is 0.195 e. The van der Waals surface area contributed by atoms with Gasteiger partial charge in [0.1, 0.15) is 5.52 Å². The largest absolute Gasteiger partial charge is 0.441 e. The van der Waals surface area contributed by atoms with Crippen molar-refractivity contribution < 1.29 is 4.42 Å². The van der Waals surface area contributed by atoms with E-state index in [0.717, 1.165) is 36.5 Å². The molecule has 0 spiro atoms. The molecule has 0 amide bonds. The van der Waals surface area contributed by atoms with E-state index in [9.17, 15) is 0 Å². The minimum absolute atomic E-state index is 0.573. The Balaban J connectivity index is 2.21. The number of rotatable bonds is 5. The highest BCUT2D eigenvalue weighted by molar-refractivity contribution is 5.73. The van der Waals surface area contributed by atoms with Gasteiger partial charge < -0.3 is 9.73 Å². The van der Waals surface area contributed by atoms with Crippen molar-refractivity contribution in [2.45, 2.75) is 33.7 Å². The van der Waals surface area contributed by atoms with Gasteiger partial charge in [-0.05, 0) is 30.2 Å². The first-order valence-electron chi connectivity index (χ1n) is 6.28. The van der Waals surface area contributed by atoms with Gasteiger partial charge in [-0.1, -0.05) is 26.8 Å². The van der Waals surface area contributed by atoms with Crippen molar-refractivity contribution in [1.29, 1.82) is 0 Å². The second kappa shape index (κ2) is 5.32. The van der Waals surface area contributed by atoms with Gasteiger partial charge in [0, 0.05) is 13.0 Å². The number of fused-ring (bicyclic) bond motifs is 1. The van der Waals surface area contributed by atoms with Crippen LogP contribution in [0.1, 0.15) is 32.2 Å². The number of hydrogen-bond acceptors (Lipinski definition) is 3. The van der Waals surface area contributed by atoms with Crippen LogP contribution in [0.2, 0.25) is 0 Å². The molecule has 0 unspecified atom stereocenters. The third-order valence-electron chi connectivity index (χ3n) is 2.66. The highest BCUT2D eigenvalue weighted by Gasteiger charge is 2.07. The second-order valence-electron chi connectivity index (χ2n) is 4.79. The van der Waals surface area contributed by atoms with Crippen LogP contribution < -0.4 is 5.32 Å². The minimum Gasteiger partial charge on any atom is -0.441 e. The highest BCUT2D eigenvalue weighted by Crippen LogP contribution is 2.19. The molecule has 17 heavy (non-hydrogen) atoms. The molecule has 1 N–H and O–H groups in total. The van der Waals surface area contributed by atoms with Crippen molar-refractivity contribution in [3.8, 4) is 0 Å². The van der Waals surface area contributed by atoms with Gasteiger partial charge in [0.15, 0.2) is 11.5 Å². The summed E-state index contributed by atoms with van der Waals surface area (Å²) in [5.74, 6) is 1.42. The van der Waals surface area contributed by atoms with E-state index >= 15 is 0 Å². The van der Waals surface area contributed by atoms with Crippen molar-refractivity contribution in [1.82, 2.24) is 10.3 Å². The van der Waals surface area contributed by atoms with Crippen LogP contribution in [0.15, 0.2) is 22.6 Å². The van der Waals surface area contributed by atoms with Gasteiger partial charge in [-0.25, -0.2) is 4.98 Å². The number of aromatic nitrogens is 1. The molecule has 0 radical (unpaired) electrons. The summed E-state index contributed by atoms with van der Waals surface area (Å²) in [5, 5.41) is 3.31. The summed E-state index contributed by atoms with van der Waals surface area (Å²) in [6.45, 7) is 8.31. The Morgan fingerprint density at radius 3 is 2.88 bits per heavy atom. The summed E-state index contributed by atoms with van der Waals surface area (Å²) in [6.07, 6.45) is 0.900. The molecule has 0 aliphatic carbocycles. The second-order valence-corrected chi connectivity index (χ2v) is 4.79. The third-order valence-corrected chi connectivity index (χ3v) is 2.66. The molecule has 1 aromatic carbocycles. The first-order valence-corrected chi connectivity index (χ1v) is 6.28. The summed E-state index contributed by atoms with van der Waals surface area (Å²) in [4.78, 5) is 4.49. The molecule has 0 fully saturated rings. The van der Waals surface area contributed by atoms with E-state index < -0.39 is 0 Å². The van der Waals surface area contributed by atoms with E-state index in [1.54, 1.807) is 0 Å². The lowest BCUT2D eigenvalue weighted by atomic mass is 10.1. The van der Waals surface area contributed by atoms with Crippen molar-refractivity contribution in [2.75, 3.05) is 6.54 Å². The van der Waals surface area contributed by atoms with Gasteiger partial charge in [0.25, 0.3) is 0 Å². The molecule has 3 heteroatoms. The molecule has 0 saturated heterocycles. The average molecular weight is 232 g/mol. The number of nitrogens with one attached hydrogen (secondary N) is 1. The molecule has 0 aliphatic heterocycles. The van der Waals surface area contributed by atoms with Crippen molar-refractivity contribution in [3.05, 3.63) is 29.7 Å². The van der Waals surface area contributed by atoms with E-state index in [4.69, 9.17) is 4.42 Å². The standard InChI is InChI=1S/C14H20N2O/c1-4-15-9-11-5-6-12-13(8-11)17-14(16-12)7-10(2)3/h5-6,8,10,15H,4,7,9H2,1-3H3. The number of hydrogen-bond donors (Lipinski definition) is 1. The quantitative estimate of drug-likeness (QED) is 0.860. The fraction of sp³-hybridized carbons (Fsp3) is 0.500. The first-order chi connectivity index (χ1) is 8.19. The lowest BCUT2D eigenvalue weighted by Crippen LogP contribution is -2.11. The van der Waals surface area contributed by atoms with Crippen LogP contribution in [0.4, 0.5) is 0 Å². The van der Waals surface area contributed by atoms with Crippen LogP contribution in [-0.2, 0) is 13.0 Å². The zero-order valence-corrected chi connectivity index (χ0v) is 10.8. The highest BCUT2D eigenvalue weighted by atomic mass is 16.3. The summed E-state index contributed by atoms with van der Waals surface area (Å²) in [7, 11) is 0. The Kier molecular flexibility index (Phi) is 3.79. The van der Waals surface area contributed by atoms with Gasteiger partial charge in [0.2, 0.25) is 0 Å². The lowest BCUT2D eigenvalue weighted by Gasteiger charge is -2.00. The predicted molar refractivity (Wildman–Crippen MR) is 69.9 cm³/mol. The van der Waals surface area contributed by atoms with E-state index in [-0.39, 0.29) is 0 Å². The van der Waals surface area contributed by atoms with E-state index in [1.165, 1.54) is 5.56 Å². The van der Waals surface area contributed by atoms with Crippen molar-refractivity contribution >= 4 is 11.1 Å². The van der Waals surface area contributed by atoms with Gasteiger partial charge in [-0.15, -0.1) is 0 Å². The summed E-state index contributed by atoms with van der Waals surface area (Å²) >= 11 is 0. The van der Waals surface area contributed by atoms with Gasteiger partial charge in [-0.3, -0.25) is 0 Å². The zero-order chi connectivity index (χ0) is 12.3. The maximum absolute atomic E-state index is 5.76. The molecule has 2 aromatic rings. The predicted octanol–water partition coefficient (Wildman–Crippen LogP) is 3.14. The number of nitrogens with zero attached hydrogens (tertiary/aromatic N) is 1. The van der Waals surface area contributed by atoms with Crippen LogP contribution in [0.25, 0.3) is 11.1 Å². The van der Waals surface area contributed by atoms with Crippen LogP contribution in [-0.4, -0.2) is 11.5 Å². The SMILES string of the molecule is CCNCc1ccc2nc(CC(C)C)oc2c1. The molecule has 2 rings (SSSR count). The van der Waals surface area contributed by atoms with E-state index in [2.05, 4.69) is 43.2 Å². The van der Waals surface area contributed by atoms with Crippen LogP contribution in [0.5, 0.6) is 0 Å². The molecule has 92 valence electrons. The molecule has 1 heterocycles. The fourth-order valence-corrected chi connectivity index (χ4v) is 1.83. The van der Waals surface area contributed by atoms with Gasteiger partial charge >= 0.3 is 0 Å². The third kappa shape index (κ3) is 3.07. The molecule has 3 nitrogen and oxygen atoms in total. The summed E-state index contributed by atoms with van der Waals surface area (Å²) in [6, 6.07) is 6.22. The Bertz CT molecular complexity index is 488. The van der Waals surface area contributed by atoms with Gasteiger partial charge in [0.05, 0.1) is 0 Å². The molecule has 0 saturated carbocycles. The fourth-order valence-electron chi connectivity index (χ4n) is 1.83. The summed E-state index contributed by atoms with van der Waals surface area (Å²) in [5.41, 5.74) is 3.10. The van der Waals surface area contributed by atoms with Crippen molar-refractivity contribution in [3.63, 3.8) is 0 Å².